The van der Waals surface area contributed by atoms with E-state index in [1.54, 1.807) is 16.7 Å². The number of benzene rings is 2. The zero-order chi connectivity index (χ0) is 19.8. The Hall–Kier alpha value is -3.70. The number of pyridine rings is 1. The van der Waals surface area contributed by atoms with Gasteiger partial charge in [-0.2, -0.15) is 0 Å². The van der Waals surface area contributed by atoms with Crippen molar-refractivity contribution in [1.29, 1.82) is 0 Å². The molecule has 6 heteroatoms. The van der Waals surface area contributed by atoms with Crippen molar-refractivity contribution in [2.45, 2.75) is 0 Å². The third kappa shape index (κ3) is 3.02. The van der Waals surface area contributed by atoms with Gasteiger partial charge in [0.15, 0.2) is 5.15 Å². The molecule has 0 saturated heterocycles. The highest BCUT2D eigenvalue weighted by Crippen LogP contribution is 2.21. The van der Waals surface area contributed by atoms with Gasteiger partial charge in [-0.05, 0) is 48.6 Å². The van der Waals surface area contributed by atoms with Crippen LogP contribution in [-0.4, -0.2) is 18.9 Å². The first-order valence-corrected chi connectivity index (χ1v) is 9.48. The minimum atomic E-state index is -0.120. The van der Waals surface area contributed by atoms with Gasteiger partial charge in [0, 0.05) is 6.20 Å². The standard InChI is InChI=1S/C23H15ClN4O/c24-22-19(27-15-7-6-12-20(27)26-22)13-14-21-25-18-11-5-4-10-17(18)23(29)28(21)16-8-2-1-3-9-16/h1-15H/b14-13+. The molecule has 0 amide bonds. The molecule has 0 fully saturated rings. The Bertz CT molecular complexity index is 1430. The molecule has 2 aromatic carbocycles. The SMILES string of the molecule is O=c1c2ccccc2nc(/C=C/c2c(Cl)nc3ccccn23)n1-c1ccccc1. The number of hydrogen-bond acceptors (Lipinski definition) is 3. The minimum Gasteiger partial charge on any atom is -0.299 e. The summed E-state index contributed by atoms with van der Waals surface area (Å²) in [4.78, 5) is 22.3. The average molecular weight is 399 g/mol. The van der Waals surface area contributed by atoms with Gasteiger partial charge in [0.1, 0.15) is 11.5 Å². The summed E-state index contributed by atoms with van der Waals surface area (Å²) >= 11 is 6.34. The molecule has 140 valence electrons. The summed E-state index contributed by atoms with van der Waals surface area (Å²) in [6, 6.07) is 22.5. The third-order valence-corrected chi connectivity index (χ3v) is 5.01. The van der Waals surface area contributed by atoms with Gasteiger partial charge in [-0.15, -0.1) is 0 Å². The van der Waals surface area contributed by atoms with Gasteiger partial charge in [0.25, 0.3) is 5.56 Å². The summed E-state index contributed by atoms with van der Waals surface area (Å²) in [7, 11) is 0. The van der Waals surface area contributed by atoms with E-state index in [2.05, 4.69) is 4.98 Å². The molecule has 0 aliphatic rings. The molecule has 0 N–H and O–H groups in total. The van der Waals surface area contributed by atoms with E-state index in [1.165, 1.54) is 0 Å². The molecule has 0 atom stereocenters. The Morgan fingerprint density at radius 1 is 0.828 bits per heavy atom. The molecule has 0 saturated carbocycles. The first-order chi connectivity index (χ1) is 14.2. The van der Waals surface area contributed by atoms with Gasteiger partial charge in [0.05, 0.1) is 22.3 Å². The van der Waals surface area contributed by atoms with Gasteiger partial charge in [0.2, 0.25) is 0 Å². The monoisotopic (exact) mass is 398 g/mol. The summed E-state index contributed by atoms with van der Waals surface area (Å²) in [6.07, 6.45) is 5.52. The van der Waals surface area contributed by atoms with Crippen LogP contribution in [0.15, 0.2) is 83.8 Å². The lowest BCUT2D eigenvalue weighted by molar-refractivity contribution is 0.944. The third-order valence-electron chi connectivity index (χ3n) is 4.73. The second-order valence-electron chi connectivity index (χ2n) is 6.51. The van der Waals surface area contributed by atoms with E-state index in [1.807, 2.05) is 83.4 Å². The highest BCUT2D eigenvalue weighted by molar-refractivity contribution is 6.31. The number of imidazole rings is 1. The van der Waals surface area contributed by atoms with Crippen LogP contribution >= 0.6 is 11.6 Å². The van der Waals surface area contributed by atoms with Crippen LogP contribution < -0.4 is 5.56 Å². The molecular formula is C23H15ClN4O. The van der Waals surface area contributed by atoms with Gasteiger partial charge in [-0.25, -0.2) is 9.97 Å². The number of nitrogens with zero attached hydrogens (tertiary/aromatic N) is 4. The molecule has 0 bridgehead atoms. The second kappa shape index (κ2) is 7.04. The van der Waals surface area contributed by atoms with Crippen LogP contribution in [0.5, 0.6) is 0 Å². The topological polar surface area (TPSA) is 52.2 Å². The first kappa shape index (κ1) is 17.4. The quantitative estimate of drug-likeness (QED) is 0.436. The molecule has 3 aromatic heterocycles. The predicted molar refractivity (Wildman–Crippen MR) is 116 cm³/mol. The molecule has 5 rings (SSSR count). The van der Waals surface area contributed by atoms with Crippen molar-refractivity contribution in [1.82, 2.24) is 18.9 Å². The number of rotatable bonds is 3. The molecule has 5 nitrogen and oxygen atoms in total. The Kier molecular flexibility index (Phi) is 4.22. The number of aromatic nitrogens is 4. The Morgan fingerprint density at radius 2 is 1.59 bits per heavy atom. The Morgan fingerprint density at radius 3 is 2.45 bits per heavy atom. The van der Waals surface area contributed by atoms with E-state index >= 15 is 0 Å². The fourth-order valence-corrected chi connectivity index (χ4v) is 3.62. The Balaban J connectivity index is 1.75. The first-order valence-electron chi connectivity index (χ1n) is 9.10. The van der Waals surface area contributed by atoms with Crippen molar-refractivity contribution < 1.29 is 0 Å². The molecule has 0 unspecified atom stereocenters. The van der Waals surface area contributed by atoms with Gasteiger partial charge in [-0.1, -0.05) is 48.0 Å². The largest absolute Gasteiger partial charge is 0.299 e. The maximum atomic E-state index is 13.2. The second-order valence-corrected chi connectivity index (χ2v) is 6.87. The molecule has 0 spiro atoms. The van der Waals surface area contributed by atoms with E-state index in [4.69, 9.17) is 16.6 Å². The summed E-state index contributed by atoms with van der Waals surface area (Å²) in [5.41, 5.74) is 2.76. The summed E-state index contributed by atoms with van der Waals surface area (Å²) in [5.74, 6) is 0.516. The van der Waals surface area contributed by atoms with Gasteiger partial charge in [-0.3, -0.25) is 13.8 Å². The van der Waals surface area contributed by atoms with Crippen LogP contribution in [0.4, 0.5) is 0 Å². The summed E-state index contributed by atoms with van der Waals surface area (Å²) in [5, 5.41) is 0.961. The van der Waals surface area contributed by atoms with Crippen molar-refractivity contribution >= 4 is 40.3 Å². The van der Waals surface area contributed by atoms with Crippen LogP contribution in [-0.2, 0) is 0 Å². The van der Waals surface area contributed by atoms with Crippen LogP contribution in [0.3, 0.4) is 0 Å². The molecule has 5 aromatic rings. The molecule has 0 radical (unpaired) electrons. The van der Waals surface area contributed by atoms with E-state index in [-0.39, 0.29) is 5.56 Å². The predicted octanol–water partition coefficient (Wildman–Crippen LogP) is 4.86. The van der Waals surface area contributed by atoms with Crippen molar-refractivity contribution in [3.63, 3.8) is 0 Å². The molecular weight excluding hydrogens is 384 g/mol. The smallest absolute Gasteiger partial charge is 0.266 e. The van der Waals surface area contributed by atoms with Crippen molar-refractivity contribution in [2.75, 3.05) is 0 Å². The maximum Gasteiger partial charge on any atom is 0.266 e. The van der Waals surface area contributed by atoms with Crippen molar-refractivity contribution in [3.05, 3.63) is 106 Å². The van der Waals surface area contributed by atoms with Crippen molar-refractivity contribution in [2.24, 2.45) is 0 Å². The van der Waals surface area contributed by atoms with E-state index < -0.39 is 0 Å². The number of halogens is 1. The van der Waals surface area contributed by atoms with Crippen LogP contribution in [0, 0.1) is 0 Å². The normalized spacial score (nSPS) is 11.6. The highest BCUT2D eigenvalue weighted by atomic mass is 35.5. The van der Waals surface area contributed by atoms with Gasteiger partial charge >= 0.3 is 0 Å². The van der Waals surface area contributed by atoms with Crippen LogP contribution in [0.2, 0.25) is 5.15 Å². The minimum absolute atomic E-state index is 0.120. The van der Waals surface area contributed by atoms with Crippen LogP contribution in [0.1, 0.15) is 11.5 Å². The van der Waals surface area contributed by atoms with Crippen molar-refractivity contribution in [3.8, 4) is 5.69 Å². The van der Waals surface area contributed by atoms with E-state index in [0.29, 0.717) is 21.9 Å². The fraction of sp³-hybridized carbons (Fsp3) is 0. The molecule has 3 heterocycles. The van der Waals surface area contributed by atoms with E-state index in [0.717, 1.165) is 17.0 Å². The molecule has 0 aliphatic carbocycles. The lowest BCUT2D eigenvalue weighted by Gasteiger charge is -2.11. The zero-order valence-corrected chi connectivity index (χ0v) is 16.0. The zero-order valence-electron chi connectivity index (χ0n) is 15.2. The summed E-state index contributed by atoms with van der Waals surface area (Å²) < 4.78 is 3.50. The Labute approximate surface area is 171 Å². The lowest BCUT2D eigenvalue weighted by Crippen LogP contribution is -2.22. The number of fused-ring (bicyclic) bond motifs is 2. The lowest BCUT2D eigenvalue weighted by atomic mass is 10.2. The molecule has 29 heavy (non-hydrogen) atoms. The maximum absolute atomic E-state index is 13.2. The summed E-state index contributed by atoms with van der Waals surface area (Å²) in [6.45, 7) is 0. The average Bonchev–Trinajstić information content (AvgIpc) is 3.08. The van der Waals surface area contributed by atoms with Crippen LogP contribution in [0.25, 0.3) is 34.4 Å². The fourth-order valence-electron chi connectivity index (χ4n) is 3.38. The highest BCUT2D eigenvalue weighted by Gasteiger charge is 2.12. The van der Waals surface area contributed by atoms with E-state index in [9.17, 15) is 4.79 Å². The van der Waals surface area contributed by atoms with Gasteiger partial charge < -0.3 is 0 Å². The molecule has 0 aliphatic heterocycles. The number of para-hydroxylation sites is 2. The number of hydrogen-bond donors (Lipinski definition) is 0.